The number of morpholine rings is 1. The number of carbonyl (C=O) groups is 1. The van der Waals surface area contributed by atoms with Gasteiger partial charge in [0.2, 0.25) is 0 Å². The van der Waals surface area contributed by atoms with Crippen LogP contribution in [0.5, 0.6) is 0 Å². The van der Waals surface area contributed by atoms with E-state index in [2.05, 4.69) is 0 Å². The second-order valence-electron chi connectivity index (χ2n) is 5.07. The quantitative estimate of drug-likeness (QED) is 0.794. The summed E-state index contributed by atoms with van der Waals surface area (Å²) in [5, 5.41) is 0.467. The summed E-state index contributed by atoms with van der Waals surface area (Å²) in [4.78, 5) is 14.1. The molecule has 0 saturated carbocycles. The van der Waals surface area contributed by atoms with Crippen LogP contribution in [0, 0.1) is 0 Å². The molecule has 98 valence electrons. The van der Waals surface area contributed by atoms with Gasteiger partial charge in [0, 0.05) is 18.7 Å². The van der Waals surface area contributed by atoms with Crippen LogP contribution in [0.25, 0.3) is 0 Å². The number of rotatable bonds is 1. The zero-order valence-corrected chi connectivity index (χ0v) is 11.3. The van der Waals surface area contributed by atoms with Gasteiger partial charge in [-0.1, -0.05) is 11.6 Å². The highest BCUT2D eigenvalue weighted by Gasteiger charge is 2.30. The van der Waals surface area contributed by atoms with Gasteiger partial charge >= 0.3 is 0 Å². The van der Waals surface area contributed by atoms with Crippen LogP contribution in [0.4, 0.5) is 5.69 Å². The molecule has 4 nitrogen and oxygen atoms in total. The second kappa shape index (κ2) is 4.78. The van der Waals surface area contributed by atoms with E-state index in [4.69, 9.17) is 22.1 Å². The number of hydrogen-bond acceptors (Lipinski definition) is 3. The molecular formula is C13H17ClN2O2. The van der Waals surface area contributed by atoms with Crippen molar-refractivity contribution in [3.8, 4) is 0 Å². The molecule has 0 aromatic heterocycles. The van der Waals surface area contributed by atoms with Crippen LogP contribution in [0.1, 0.15) is 24.2 Å². The first-order chi connectivity index (χ1) is 8.39. The molecule has 2 N–H and O–H groups in total. The lowest BCUT2D eigenvalue weighted by atomic mass is 10.1. The van der Waals surface area contributed by atoms with E-state index in [1.807, 2.05) is 13.8 Å². The Morgan fingerprint density at radius 2 is 2.22 bits per heavy atom. The largest absolute Gasteiger partial charge is 0.398 e. The van der Waals surface area contributed by atoms with Crippen LogP contribution in [0.3, 0.4) is 0 Å². The summed E-state index contributed by atoms with van der Waals surface area (Å²) in [5.74, 6) is -0.0326. The third-order valence-electron chi connectivity index (χ3n) is 2.96. The van der Waals surface area contributed by atoms with Gasteiger partial charge in [-0.15, -0.1) is 0 Å². The normalized spacial score (nSPS) is 18.7. The number of benzene rings is 1. The number of hydrogen-bond donors (Lipinski definition) is 1. The van der Waals surface area contributed by atoms with Crippen molar-refractivity contribution in [2.75, 3.05) is 25.4 Å². The maximum Gasteiger partial charge on any atom is 0.254 e. The first-order valence-corrected chi connectivity index (χ1v) is 6.25. The summed E-state index contributed by atoms with van der Waals surface area (Å²) in [6.07, 6.45) is 0. The number of carbonyl (C=O) groups excluding carboxylic acids is 1. The molecule has 1 amide bonds. The predicted octanol–water partition coefficient (Wildman–Crippen LogP) is 2.17. The van der Waals surface area contributed by atoms with Crippen LogP contribution < -0.4 is 5.73 Å². The Kier molecular flexibility index (Phi) is 3.50. The molecule has 1 saturated heterocycles. The van der Waals surface area contributed by atoms with E-state index in [0.717, 1.165) is 0 Å². The molecule has 0 spiro atoms. The number of amides is 1. The maximum absolute atomic E-state index is 12.3. The summed E-state index contributed by atoms with van der Waals surface area (Å²) < 4.78 is 5.58. The van der Waals surface area contributed by atoms with Gasteiger partial charge in [0.1, 0.15) is 0 Å². The zero-order valence-electron chi connectivity index (χ0n) is 10.6. The van der Waals surface area contributed by atoms with Gasteiger partial charge in [-0.25, -0.2) is 0 Å². The Labute approximate surface area is 112 Å². The number of nitrogens with zero attached hydrogens (tertiary/aromatic N) is 1. The SMILES string of the molecule is CC1(C)CN(C(=O)c2ccc(Cl)c(N)c2)CCO1. The van der Waals surface area contributed by atoms with Gasteiger partial charge in [0.25, 0.3) is 5.91 Å². The Hall–Kier alpha value is -1.26. The van der Waals surface area contributed by atoms with E-state index in [9.17, 15) is 4.79 Å². The van der Waals surface area contributed by atoms with Crippen LogP contribution in [-0.2, 0) is 4.74 Å². The van der Waals surface area contributed by atoms with Crippen molar-refractivity contribution in [2.24, 2.45) is 0 Å². The van der Waals surface area contributed by atoms with E-state index >= 15 is 0 Å². The van der Waals surface area contributed by atoms with Crippen LogP contribution in [-0.4, -0.2) is 36.1 Å². The monoisotopic (exact) mass is 268 g/mol. The third-order valence-corrected chi connectivity index (χ3v) is 3.30. The van der Waals surface area contributed by atoms with Crippen molar-refractivity contribution in [3.63, 3.8) is 0 Å². The fraction of sp³-hybridized carbons (Fsp3) is 0.462. The average molecular weight is 269 g/mol. The lowest BCUT2D eigenvalue weighted by molar-refractivity contribution is -0.0763. The average Bonchev–Trinajstić information content (AvgIpc) is 2.30. The molecule has 0 atom stereocenters. The highest BCUT2D eigenvalue weighted by atomic mass is 35.5. The Bertz CT molecular complexity index is 474. The molecule has 0 aliphatic carbocycles. The fourth-order valence-electron chi connectivity index (χ4n) is 2.05. The van der Waals surface area contributed by atoms with Gasteiger partial charge in [-0.2, -0.15) is 0 Å². The highest BCUT2D eigenvalue weighted by Crippen LogP contribution is 2.22. The second-order valence-corrected chi connectivity index (χ2v) is 5.48. The van der Waals surface area contributed by atoms with Gasteiger partial charge in [0.05, 0.1) is 22.9 Å². The predicted molar refractivity (Wildman–Crippen MR) is 71.8 cm³/mol. The van der Waals surface area contributed by atoms with Crippen molar-refractivity contribution >= 4 is 23.2 Å². The topological polar surface area (TPSA) is 55.6 Å². The molecule has 0 unspecified atom stereocenters. The van der Waals surface area contributed by atoms with Gasteiger partial charge < -0.3 is 15.4 Å². The zero-order chi connectivity index (χ0) is 13.3. The van der Waals surface area contributed by atoms with Crippen LogP contribution >= 0.6 is 11.6 Å². The van der Waals surface area contributed by atoms with E-state index in [1.54, 1.807) is 23.1 Å². The van der Waals surface area contributed by atoms with Gasteiger partial charge in [-0.05, 0) is 32.0 Å². The summed E-state index contributed by atoms with van der Waals surface area (Å²) in [6.45, 7) is 5.69. The molecule has 1 heterocycles. The first-order valence-electron chi connectivity index (χ1n) is 5.87. The minimum atomic E-state index is -0.300. The molecule has 2 rings (SSSR count). The highest BCUT2D eigenvalue weighted by molar-refractivity contribution is 6.33. The third kappa shape index (κ3) is 2.76. The lowest BCUT2D eigenvalue weighted by Crippen LogP contribution is -2.50. The standard InChI is InChI=1S/C13H17ClN2O2/c1-13(2)8-16(5-6-18-13)12(17)9-3-4-10(14)11(15)7-9/h3-4,7H,5-6,8,15H2,1-2H3. The smallest absolute Gasteiger partial charge is 0.254 e. The molecule has 1 aromatic rings. The van der Waals surface area contributed by atoms with Crippen molar-refractivity contribution in [1.29, 1.82) is 0 Å². The molecule has 0 radical (unpaired) electrons. The number of ether oxygens (including phenoxy) is 1. The minimum Gasteiger partial charge on any atom is -0.398 e. The summed E-state index contributed by atoms with van der Waals surface area (Å²) in [7, 11) is 0. The van der Waals surface area contributed by atoms with Gasteiger partial charge in [0.15, 0.2) is 0 Å². The fourth-order valence-corrected chi connectivity index (χ4v) is 2.17. The number of nitrogens with two attached hydrogens (primary N) is 1. The molecule has 1 aliphatic heterocycles. The van der Waals surface area contributed by atoms with Crippen molar-refractivity contribution in [3.05, 3.63) is 28.8 Å². The van der Waals surface area contributed by atoms with Gasteiger partial charge in [-0.3, -0.25) is 4.79 Å². The molecule has 1 aromatic carbocycles. The Morgan fingerprint density at radius 1 is 1.50 bits per heavy atom. The van der Waals surface area contributed by atoms with Crippen LogP contribution in [0.15, 0.2) is 18.2 Å². The number of halogens is 1. The number of nitrogen functional groups attached to an aromatic ring is 1. The van der Waals surface area contributed by atoms with Crippen molar-refractivity contribution in [2.45, 2.75) is 19.4 Å². The summed E-state index contributed by atoms with van der Waals surface area (Å²) >= 11 is 5.85. The molecule has 5 heteroatoms. The Balaban J connectivity index is 2.18. The molecular weight excluding hydrogens is 252 g/mol. The molecule has 1 aliphatic rings. The molecule has 1 fully saturated rings. The number of anilines is 1. The summed E-state index contributed by atoms with van der Waals surface area (Å²) in [5.41, 5.74) is 6.40. The minimum absolute atomic E-state index is 0.0326. The van der Waals surface area contributed by atoms with E-state index in [0.29, 0.717) is 36.0 Å². The van der Waals surface area contributed by atoms with E-state index in [1.165, 1.54) is 0 Å². The summed E-state index contributed by atoms with van der Waals surface area (Å²) in [6, 6.07) is 4.96. The van der Waals surface area contributed by atoms with Crippen molar-refractivity contribution < 1.29 is 9.53 Å². The van der Waals surface area contributed by atoms with Crippen molar-refractivity contribution in [1.82, 2.24) is 4.90 Å². The molecule has 0 bridgehead atoms. The maximum atomic E-state index is 12.3. The lowest BCUT2D eigenvalue weighted by Gasteiger charge is -2.38. The van der Waals surface area contributed by atoms with E-state index < -0.39 is 0 Å². The first kappa shape index (κ1) is 13.2. The van der Waals surface area contributed by atoms with E-state index in [-0.39, 0.29) is 11.5 Å². The molecule has 18 heavy (non-hydrogen) atoms. The Morgan fingerprint density at radius 3 is 2.83 bits per heavy atom. The van der Waals surface area contributed by atoms with Crippen LogP contribution in [0.2, 0.25) is 5.02 Å².